The van der Waals surface area contributed by atoms with Crippen LogP contribution < -0.4 is 0 Å². The van der Waals surface area contributed by atoms with E-state index in [9.17, 15) is 0 Å². The van der Waals surface area contributed by atoms with Crippen LogP contribution in [0.1, 0.15) is 5.01 Å². The van der Waals surface area contributed by atoms with Crippen molar-refractivity contribution in [1.82, 2.24) is 4.98 Å². The van der Waals surface area contributed by atoms with Gasteiger partial charge in [0.2, 0.25) is 0 Å². The summed E-state index contributed by atoms with van der Waals surface area (Å²) in [5.41, 5.74) is 0. The van der Waals surface area contributed by atoms with Crippen molar-refractivity contribution in [3.8, 4) is 0 Å². The number of nitrogens with zero attached hydrogens (tertiary/aromatic N) is 1. The van der Waals surface area contributed by atoms with Gasteiger partial charge in [-0.3, -0.25) is 4.98 Å². The van der Waals surface area contributed by atoms with E-state index < -0.39 is 0 Å². The van der Waals surface area contributed by atoms with Crippen molar-refractivity contribution in [2.24, 2.45) is 0 Å². The van der Waals surface area contributed by atoms with E-state index in [0.29, 0.717) is 0 Å². The molecule has 38 valence electrons. The van der Waals surface area contributed by atoms with Gasteiger partial charge in [0.15, 0.2) is 0 Å². The Kier molecular flexibility index (Phi) is 1.42. The van der Waals surface area contributed by atoms with Crippen LogP contribution in [0.3, 0.4) is 0 Å². The zero-order chi connectivity index (χ0) is 5.11. The maximum atomic E-state index is 3.99. The fourth-order valence-electron chi connectivity index (χ4n) is 0.376. The molecule has 0 saturated carbocycles. The zero-order valence-electron chi connectivity index (χ0n) is 3.92. The molecule has 1 nitrogen and oxygen atoms in total. The van der Waals surface area contributed by atoms with Crippen molar-refractivity contribution in [2.45, 2.75) is 6.42 Å². The second-order valence-corrected chi connectivity index (χ2v) is 2.15. The summed E-state index contributed by atoms with van der Waals surface area (Å²) in [4.78, 5) is 3.99. The van der Waals surface area contributed by atoms with Crippen LogP contribution in [0.15, 0.2) is 11.6 Å². The highest BCUT2D eigenvalue weighted by Gasteiger charge is 1.80. The lowest BCUT2D eigenvalue weighted by Gasteiger charge is -1.84. The standard InChI is InChI=1S/C5H6NS/c1-2-5-6-3-4-7-5/h3-4H,1-2H2/q-1. The molecule has 0 aliphatic carbocycles. The molecule has 0 aromatic carbocycles. The highest BCUT2D eigenvalue weighted by Crippen LogP contribution is 2.02. The monoisotopic (exact) mass is 112 g/mol. The first kappa shape index (κ1) is 4.78. The van der Waals surface area contributed by atoms with E-state index in [-0.39, 0.29) is 0 Å². The molecule has 0 aliphatic rings. The van der Waals surface area contributed by atoms with E-state index in [1.54, 1.807) is 17.5 Å². The lowest BCUT2D eigenvalue weighted by molar-refractivity contribution is 1.19. The van der Waals surface area contributed by atoms with Gasteiger partial charge < -0.3 is 6.92 Å². The highest BCUT2D eigenvalue weighted by atomic mass is 32.1. The largest absolute Gasteiger partial charge is 0.337 e. The Morgan fingerprint density at radius 3 is 3.00 bits per heavy atom. The fourth-order valence-corrected chi connectivity index (χ4v) is 0.895. The fraction of sp³-hybridized carbons (Fsp3) is 0.200. The maximum absolute atomic E-state index is 3.99. The first-order valence-corrected chi connectivity index (χ1v) is 2.99. The predicted octanol–water partition coefficient (Wildman–Crippen LogP) is 1.52. The van der Waals surface area contributed by atoms with Gasteiger partial charge in [-0.25, -0.2) is 0 Å². The van der Waals surface area contributed by atoms with Crippen molar-refractivity contribution < 1.29 is 0 Å². The topological polar surface area (TPSA) is 12.9 Å². The molecule has 0 fully saturated rings. The summed E-state index contributed by atoms with van der Waals surface area (Å²) in [6.45, 7) is 3.68. The Morgan fingerprint density at radius 1 is 1.86 bits per heavy atom. The molecule has 7 heavy (non-hydrogen) atoms. The van der Waals surface area contributed by atoms with Gasteiger partial charge in [-0.2, -0.15) is 0 Å². The minimum atomic E-state index is 0.817. The van der Waals surface area contributed by atoms with Gasteiger partial charge in [0.05, 0.1) is 5.01 Å². The van der Waals surface area contributed by atoms with Crippen LogP contribution >= 0.6 is 11.3 Å². The van der Waals surface area contributed by atoms with Crippen LogP contribution in [0.5, 0.6) is 0 Å². The smallest absolute Gasteiger partial charge is 0.0627 e. The van der Waals surface area contributed by atoms with Crippen molar-refractivity contribution in [2.75, 3.05) is 0 Å². The highest BCUT2D eigenvalue weighted by molar-refractivity contribution is 7.09. The van der Waals surface area contributed by atoms with Gasteiger partial charge in [-0.1, -0.05) is 0 Å². The summed E-state index contributed by atoms with van der Waals surface area (Å²) < 4.78 is 0. The van der Waals surface area contributed by atoms with Gasteiger partial charge in [0.1, 0.15) is 0 Å². The number of aromatic nitrogens is 1. The summed E-state index contributed by atoms with van der Waals surface area (Å²) in [6.07, 6.45) is 2.61. The van der Waals surface area contributed by atoms with Gasteiger partial charge in [0, 0.05) is 11.6 Å². The van der Waals surface area contributed by atoms with Crippen molar-refractivity contribution in [3.05, 3.63) is 23.5 Å². The number of hydrogen-bond donors (Lipinski definition) is 0. The van der Waals surface area contributed by atoms with Crippen molar-refractivity contribution in [1.29, 1.82) is 0 Å². The molecule has 1 heterocycles. The van der Waals surface area contributed by atoms with Crippen LogP contribution in [-0.4, -0.2) is 4.98 Å². The molecule has 1 aromatic heterocycles. The molecule has 1 rings (SSSR count). The molecule has 0 unspecified atom stereocenters. The summed E-state index contributed by atoms with van der Waals surface area (Å²) >= 11 is 1.65. The molecule has 0 spiro atoms. The van der Waals surface area contributed by atoms with Crippen LogP contribution in [0.2, 0.25) is 0 Å². The molecule has 0 atom stereocenters. The van der Waals surface area contributed by atoms with E-state index in [4.69, 9.17) is 0 Å². The molecule has 0 N–H and O–H groups in total. The van der Waals surface area contributed by atoms with Crippen LogP contribution in [0.25, 0.3) is 0 Å². The normalized spacial score (nSPS) is 9.29. The Hall–Kier alpha value is -0.370. The summed E-state index contributed by atoms with van der Waals surface area (Å²) in [5.74, 6) is 0. The van der Waals surface area contributed by atoms with E-state index in [1.165, 1.54) is 0 Å². The molecule has 0 amide bonds. The first-order valence-electron chi connectivity index (χ1n) is 2.11. The van der Waals surface area contributed by atoms with E-state index in [0.717, 1.165) is 11.4 Å². The molecule has 1 aromatic rings. The first-order chi connectivity index (χ1) is 3.43. The minimum absolute atomic E-state index is 0.817. The average Bonchev–Trinajstić information content (AvgIpc) is 2.14. The van der Waals surface area contributed by atoms with Gasteiger partial charge in [0.25, 0.3) is 0 Å². The van der Waals surface area contributed by atoms with E-state index in [1.807, 2.05) is 5.38 Å². The molecule has 0 saturated heterocycles. The van der Waals surface area contributed by atoms with Crippen molar-refractivity contribution >= 4 is 11.3 Å². The second-order valence-electron chi connectivity index (χ2n) is 1.18. The predicted molar refractivity (Wildman–Crippen MR) is 31.2 cm³/mol. The Morgan fingerprint density at radius 2 is 2.71 bits per heavy atom. The lowest BCUT2D eigenvalue weighted by atomic mass is 10.5. The molecule has 0 aliphatic heterocycles. The molecule has 2 heteroatoms. The lowest BCUT2D eigenvalue weighted by Crippen LogP contribution is -1.71. The number of rotatable bonds is 1. The second kappa shape index (κ2) is 2.07. The minimum Gasteiger partial charge on any atom is -0.337 e. The Bertz CT molecular complexity index is 123. The van der Waals surface area contributed by atoms with Gasteiger partial charge >= 0.3 is 0 Å². The van der Waals surface area contributed by atoms with Crippen LogP contribution in [-0.2, 0) is 6.42 Å². The Labute approximate surface area is 47.0 Å². The van der Waals surface area contributed by atoms with E-state index >= 15 is 0 Å². The number of thiazole rings is 1. The molecule has 0 bridgehead atoms. The summed E-state index contributed by atoms with van der Waals surface area (Å²) in [5, 5.41) is 3.07. The zero-order valence-corrected chi connectivity index (χ0v) is 4.74. The average molecular weight is 112 g/mol. The third kappa shape index (κ3) is 0.996. The number of hydrogen-bond acceptors (Lipinski definition) is 2. The SMILES string of the molecule is [CH2-]Cc1nccs1. The Balaban J connectivity index is 2.76. The van der Waals surface area contributed by atoms with E-state index in [2.05, 4.69) is 11.9 Å². The maximum Gasteiger partial charge on any atom is 0.0627 e. The molecular formula is C5H6NS-. The third-order valence-corrected chi connectivity index (χ3v) is 1.54. The van der Waals surface area contributed by atoms with Crippen LogP contribution in [0.4, 0.5) is 0 Å². The van der Waals surface area contributed by atoms with Crippen molar-refractivity contribution in [3.63, 3.8) is 0 Å². The van der Waals surface area contributed by atoms with Gasteiger partial charge in [-0.15, -0.1) is 17.8 Å². The summed E-state index contributed by atoms with van der Waals surface area (Å²) in [6, 6.07) is 0. The molecular weight excluding hydrogens is 106 g/mol. The van der Waals surface area contributed by atoms with Crippen LogP contribution in [0, 0.1) is 6.92 Å². The molecule has 0 radical (unpaired) electrons. The van der Waals surface area contributed by atoms with Gasteiger partial charge in [-0.05, 0) is 0 Å². The summed E-state index contributed by atoms with van der Waals surface area (Å²) in [7, 11) is 0. The quantitative estimate of drug-likeness (QED) is 0.502. The third-order valence-electron chi connectivity index (χ3n) is 0.697.